The molecule has 0 fully saturated rings. The fraction of sp³-hybridized carbons (Fsp3) is 0.308. The molecule has 0 spiro atoms. The number of nitrogens with zero attached hydrogens (tertiary/aromatic N) is 2. The average molecular weight is 310 g/mol. The zero-order valence-electron chi connectivity index (χ0n) is 10.5. The van der Waals surface area contributed by atoms with E-state index in [0.717, 1.165) is 23.7 Å². The summed E-state index contributed by atoms with van der Waals surface area (Å²) in [6.07, 6.45) is 5.81. The zero-order valence-corrected chi connectivity index (χ0v) is 12.1. The molecule has 0 aromatic carbocycles. The van der Waals surface area contributed by atoms with Gasteiger partial charge in [-0.3, -0.25) is 0 Å². The second kappa shape index (κ2) is 5.38. The predicted molar refractivity (Wildman–Crippen MR) is 78.2 cm³/mol. The van der Waals surface area contributed by atoms with Gasteiger partial charge in [0.05, 0.1) is 16.3 Å². The summed E-state index contributed by atoms with van der Waals surface area (Å²) in [6.45, 7) is 0. The van der Waals surface area contributed by atoms with Gasteiger partial charge in [-0.25, -0.2) is 14.8 Å². The van der Waals surface area contributed by atoms with E-state index in [9.17, 15) is 4.79 Å². The fourth-order valence-electron chi connectivity index (χ4n) is 2.19. The summed E-state index contributed by atoms with van der Waals surface area (Å²) in [4.78, 5) is 21.0. The first-order valence-corrected chi connectivity index (χ1v) is 7.47. The lowest BCUT2D eigenvalue weighted by atomic mass is 10.0. The number of nitrogens with one attached hydrogen (secondary N) is 1. The number of carboxylic acids is 1. The molecule has 0 bridgehead atoms. The van der Waals surface area contributed by atoms with Crippen molar-refractivity contribution in [2.75, 3.05) is 5.32 Å². The highest BCUT2D eigenvalue weighted by Crippen LogP contribution is 2.31. The maximum Gasteiger partial charge on any atom is 0.337 e. The molecular weight excluding hydrogens is 298 g/mol. The summed E-state index contributed by atoms with van der Waals surface area (Å²) >= 11 is 7.40. The Hall–Kier alpha value is -1.66. The van der Waals surface area contributed by atoms with Crippen molar-refractivity contribution in [3.05, 3.63) is 33.4 Å². The Labute approximate surface area is 124 Å². The van der Waals surface area contributed by atoms with E-state index in [1.165, 1.54) is 30.0 Å². The molecule has 1 aliphatic rings. The number of anilines is 2. The molecule has 0 saturated heterocycles. The minimum Gasteiger partial charge on any atom is -0.478 e. The molecule has 2 aromatic rings. The van der Waals surface area contributed by atoms with Gasteiger partial charge in [0.1, 0.15) is 5.82 Å². The average Bonchev–Trinajstić information content (AvgIpc) is 2.82. The highest BCUT2D eigenvalue weighted by atomic mass is 35.5. The zero-order chi connectivity index (χ0) is 14.1. The van der Waals surface area contributed by atoms with Crippen LogP contribution < -0.4 is 5.32 Å². The van der Waals surface area contributed by atoms with E-state index >= 15 is 0 Å². The Morgan fingerprint density at radius 1 is 1.40 bits per heavy atom. The molecule has 5 nitrogen and oxygen atoms in total. The van der Waals surface area contributed by atoms with Gasteiger partial charge in [-0.15, -0.1) is 11.3 Å². The number of carboxylic acid groups (broad SMARTS) is 1. The second-order valence-electron chi connectivity index (χ2n) is 4.58. The van der Waals surface area contributed by atoms with Crippen LogP contribution in [0.25, 0.3) is 0 Å². The summed E-state index contributed by atoms with van der Waals surface area (Å²) in [5.41, 5.74) is 1.18. The highest BCUT2D eigenvalue weighted by Gasteiger charge is 2.16. The molecule has 0 amide bonds. The molecule has 0 saturated carbocycles. The fourth-order valence-corrected chi connectivity index (χ4v) is 3.43. The third-order valence-electron chi connectivity index (χ3n) is 3.17. The summed E-state index contributed by atoms with van der Waals surface area (Å²) < 4.78 is 0. The van der Waals surface area contributed by atoms with E-state index in [1.54, 1.807) is 11.3 Å². The molecule has 104 valence electrons. The van der Waals surface area contributed by atoms with Gasteiger partial charge in [0, 0.05) is 11.1 Å². The topological polar surface area (TPSA) is 75.1 Å². The van der Waals surface area contributed by atoms with Crippen molar-refractivity contribution in [2.24, 2.45) is 0 Å². The van der Waals surface area contributed by atoms with Crippen LogP contribution in [-0.2, 0) is 12.8 Å². The van der Waals surface area contributed by atoms with Gasteiger partial charge in [-0.2, -0.15) is 0 Å². The molecule has 2 aromatic heterocycles. The number of pyridine rings is 1. The summed E-state index contributed by atoms with van der Waals surface area (Å²) in [5.74, 6) is -0.628. The largest absolute Gasteiger partial charge is 0.478 e. The Morgan fingerprint density at radius 3 is 2.95 bits per heavy atom. The van der Waals surface area contributed by atoms with E-state index < -0.39 is 5.97 Å². The van der Waals surface area contributed by atoms with Crippen molar-refractivity contribution in [1.82, 2.24) is 9.97 Å². The molecule has 2 N–H and O–H groups in total. The number of hydrogen-bond acceptors (Lipinski definition) is 5. The van der Waals surface area contributed by atoms with Crippen LogP contribution >= 0.6 is 22.9 Å². The number of carbonyl (C=O) groups is 1. The lowest BCUT2D eigenvalue weighted by Crippen LogP contribution is -2.01. The van der Waals surface area contributed by atoms with Crippen molar-refractivity contribution in [2.45, 2.75) is 25.7 Å². The van der Waals surface area contributed by atoms with Gasteiger partial charge in [0.2, 0.25) is 0 Å². The van der Waals surface area contributed by atoms with Gasteiger partial charge in [-0.1, -0.05) is 11.6 Å². The third kappa shape index (κ3) is 2.62. The molecule has 0 unspecified atom stereocenters. The number of rotatable bonds is 3. The van der Waals surface area contributed by atoms with Crippen LogP contribution in [0.15, 0.2) is 12.3 Å². The Morgan fingerprint density at radius 2 is 2.20 bits per heavy atom. The highest BCUT2D eigenvalue weighted by molar-refractivity contribution is 7.15. The normalized spacial score (nSPS) is 13.8. The van der Waals surface area contributed by atoms with Gasteiger partial charge < -0.3 is 10.4 Å². The first-order chi connectivity index (χ1) is 9.63. The summed E-state index contributed by atoms with van der Waals surface area (Å²) in [7, 11) is 0. The Balaban J connectivity index is 1.86. The molecular formula is C13H12ClN3O2S. The van der Waals surface area contributed by atoms with Crippen molar-refractivity contribution in [3.8, 4) is 0 Å². The predicted octanol–water partition coefficient (Wildman–Crippen LogP) is 3.51. The number of aromatic carboxylic acids is 1. The maximum atomic E-state index is 11.0. The molecule has 0 atom stereocenters. The maximum absolute atomic E-state index is 11.0. The standard InChI is InChI=1S/C13H12ClN3O2S/c14-8-6-15-11(5-7(8)12(18)19)17-13-16-9-3-1-2-4-10(9)20-13/h5-6H,1-4H2,(H,18,19)(H,15,16,17). The van der Waals surface area contributed by atoms with E-state index in [-0.39, 0.29) is 10.6 Å². The first-order valence-electron chi connectivity index (χ1n) is 6.28. The van der Waals surface area contributed by atoms with Gasteiger partial charge in [-0.05, 0) is 31.7 Å². The van der Waals surface area contributed by atoms with Crippen LogP contribution in [0.2, 0.25) is 5.02 Å². The van der Waals surface area contributed by atoms with E-state index in [2.05, 4.69) is 15.3 Å². The van der Waals surface area contributed by atoms with E-state index in [4.69, 9.17) is 16.7 Å². The molecule has 20 heavy (non-hydrogen) atoms. The van der Waals surface area contributed by atoms with Gasteiger partial charge >= 0.3 is 5.97 Å². The Bertz CT molecular complexity index is 648. The molecule has 3 rings (SSSR count). The van der Waals surface area contributed by atoms with Crippen LogP contribution in [-0.4, -0.2) is 21.0 Å². The number of halogens is 1. The number of thiazole rings is 1. The molecule has 1 aliphatic carbocycles. The second-order valence-corrected chi connectivity index (χ2v) is 6.07. The monoisotopic (exact) mass is 309 g/mol. The minimum atomic E-state index is -1.07. The van der Waals surface area contributed by atoms with E-state index in [1.807, 2.05) is 0 Å². The van der Waals surface area contributed by atoms with Gasteiger partial charge in [0.25, 0.3) is 0 Å². The number of hydrogen-bond donors (Lipinski definition) is 2. The van der Waals surface area contributed by atoms with Crippen molar-refractivity contribution >= 4 is 39.9 Å². The van der Waals surface area contributed by atoms with Crippen LogP contribution in [0.5, 0.6) is 0 Å². The van der Waals surface area contributed by atoms with Crippen LogP contribution in [0.3, 0.4) is 0 Å². The Kier molecular flexibility index (Phi) is 3.58. The van der Waals surface area contributed by atoms with Crippen molar-refractivity contribution in [3.63, 3.8) is 0 Å². The first kappa shape index (κ1) is 13.3. The SMILES string of the molecule is O=C(O)c1cc(Nc2nc3c(s2)CCCC3)ncc1Cl. The van der Waals surface area contributed by atoms with Crippen LogP contribution in [0.1, 0.15) is 33.8 Å². The smallest absolute Gasteiger partial charge is 0.337 e. The van der Waals surface area contributed by atoms with E-state index in [0.29, 0.717) is 5.82 Å². The van der Waals surface area contributed by atoms with Gasteiger partial charge in [0.15, 0.2) is 5.13 Å². The van der Waals surface area contributed by atoms with Crippen LogP contribution in [0, 0.1) is 0 Å². The summed E-state index contributed by atoms with van der Waals surface area (Å²) in [5, 5.41) is 13.0. The lowest BCUT2D eigenvalue weighted by Gasteiger charge is -2.06. The minimum absolute atomic E-state index is 0.0329. The molecule has 0 aliphatic heterocycles. The third-order valence-corrected chi connectivity index (χ3v) is 4.54. The van der Waals surface area contributed by atoms with Crippen LogP contribution in [0.4, 0.5) is 10.9 Å². The number of fused-ring (bicyclic) bond motifs is 1. The molecule has 2 heterocycles. The van der Waals surface area contributed by atoms with Crippen molar-refractivity contribution in [1.29, 1.82) is 0 Å². The van der Waals surface area contributed by atoms with Crippen molar-refractivity contribution < 1.29 is 9.90 Å². The quantitative estimate of drug-likeness (QED) is 0.907. The number of aryl methyl sites for hydroxylation is 2. The number of aromatic nitrogens is 2. The molecule has 7 heteroatoms. The lowest BCUT2D eigenvalue weighted by molar-refractivity contribution is 0.0697. The molecule has 0 radical (unpaired) electrons. The summed E-state index contributed by atoms with van der Waals surface area (Å²) in [6, 6.07) is 1.42.